The Morgan fingerprint density at radius 2 is 2.42 bits per heavy atom. The Kier molecular flexibility index (Phi) is 5.18. The Bertz CT molecular complexity index is 417. The molecule has 0 radical (unpaired) electrons. The first kappa shape index (κ1) is 13.8. The van der Waals surface area contributed by atoms with Gasteiger partial charge >= 0.3 is 0 Å². The normalized spacial score (nSPS) is 18.9. The van der Waals surface area contributed by atoms with Crippen LogP contribution in [0.4, 0.5) is 5.69 Å². The Morgan fingerprint density at radius 1 is 1.53 bits per heavy atom. The SMILES string of the molecule is COc1cccc(NC(=O)CO[C@H]2CCCNC2)c1. The Balaban J connectivity index is 1.76. The number of piperidine rings is 1. The molecule has 1 aromatic carbocycles. The van der Waals surface area contributed by atoms with Gasteiger partial charge in [-0.05, 0) is 31.5 Å². The molecule has 104 valence electrons. The maximum absolute atomic E-state index is 11.8. The number of carbonyl (C=O) groups is 1. The fourth-order valence-electron chi connectivity index (χ4n) is 2.05. The molecule has 1 amide bonds. The molecule has 1 atom stereocenters. The minimum absolute atomic E-state index is 0.0869. The highest BCUT2D eigenvalue weighted by Crippen LogP contribution is 2.16. The summed E-state index contributed by atoms with van der Waals surface area (Å²) >= 11 is 0. The number of nitrogens with one attached hydrogen (secondary N) is 2. The minimum Gasteiger partial charge on any atom is -0.497 e. The molecule has 1 saturated heterocycles. The second kappa shape index (κ2) is 7.11. The summed E-state index contributed by atoms with van der Waals surface area (Å²) in [5.74, 6) is 0.578. The van der Waals surface area contributed by atoms with Crippen LogP contribution in [0.1, 0.15) is 12.8 Å². The lowest BCUT2D eigenvalue weighted by Crippen LogP contribution is -2.37. The van der Waals surface area contributed by atoms with Crippen molar-refractivity contribution in [3.63, 3.8) is 0 Å². The van der Waals surface area contributed by atoms with Gasteiger partial charge in [-0.15, -0.1) is 0 Å². The lowest BCUT2D eigenvalue weighted by atomic mass is 10.1. The average molecular weight is 264 g/mol. The van der Waals surface area contributed by atoms with Crippen molar-refractivity contribution in [2.75, 3.05) is 32.1 Å². The first-order valence-corrected chi connectivity index (χ1v) is 6.54. The highest BCUT2D eigenvalue weighted by Gasteiger charge is 2.14. The van der Waals surface area contributed by atoms with Crippen molar-refractivity contribution in [1.82, 2.24) is 5.32 Å². The number of hydrogen-bond acceptors (Lipinski definition) is 4. The molecule has 5 nitrogen and oxygen atoms in total. The maximum atomic E-state index is 11.8. The molecule has 19 heavy (non-hydrogen) atoms. The third-order valence-corrected chi connectivity index (χ3v) is 3.06. The summed E-state index contributed by atoms with van der Waals surface area (Å²) in [6.07, 6.45) is 2.26. The molecule has 0 saturated carbocycles. The molecule has 0 unspecified atom stereocenters. The van der Waals surface area contributed by atoms with Crippen LogP contribution in [0.5, 0.6) is 5.75 Å². The van der Waals surface area contributed by atoms with Crippen molar-refractivity contribution in [3.8, 4) is 5.75 Å². The zero-order valence-corrected chi connectivity index (χ0v) is 11.1. The van der Waals surface area contributed by atoms with E-state index in [1.807, 2.05) is 18.2 Å². The van der Waals surface area contributed by atoms with Crippen molar-refractivity contribution in [2.45, 2.75) is 18.9 Å². The molecule has 0 bridgehead atoms. The van der Waals surface area contributed by atoms with E-state index < -0.39 is 0 Å². The van der Waals surface area contributed by atoms with Gasteiger partial charge in [-0.1, -0.05) is 6.07 Å². The third-order valence-electron chi connectivity index (χ3n) is 3.06. The number of anilines is 1. The molecular weight excluding hydrogens is 244 g/mol. The summed E-state index contributed by atoms with van der Waals surface area (Å²) in [6, 6.07) is 7.27. The standard InChI is InChI=1S/C14H20N2O3/c1-18-12-5-2-4-11(8-12)16-14(17)10-19-13-6-3-7-15-9-13/h2,4-5,8,13,15H,3,6-7,9-10H2,1H3,(H,16,17)/t13-/m0/s1. The first-order chi connectivity index (χ1) is 9.28. The fourth-order valence-corrected chi connectivity index (χ4v) is 2.05. The molecule has 1 aliphatic rings. The van der Waals surface area contributed by atoms with Crippen molar-refractivity contribution < 1.29 is 14.3 Å². The Labute approximate surface area is 113 Å². The number of amides is 1. The summed E-state index contributed by atoms with van der Waals surface area (Å²) in [6.45, 7) is 1.95. The zero-order valence-electron chi connectivity index (χ0n) is 11.1. The van der Waals surface area contributed by atoms with Gasteiger partial charge in [0.15, 0.2) is 0 Å². The Morgan fingerprint density at radius 3 is 3.16 bits per heavy atom. The second-order valence-corrected chi connectivity index (χ2v) is 4.56. The largest absolute Gasteiger partial charge is 0.497 e. The molecule has 0 spiro atoms. The predicted molar refractivity (Wildman–Crippen MR) is 73.5 cm³/mol. The van der Waals surface area contributed by atoms with Crippen LogP contribution in [-0.4, -0.2) is 38.8 Å². The predicted octanol–water partition coefficient (Wildman–Crippen LogP) is 1.40. The van der Waals surface area contributed by atoms with Crippen LogP contribution < -0.4 is 15.4 Å². The van der Waals surface area contributed by atoms with Gasteiger partial charge < -0.3 is 20.1 Å². The molecule has 5 heteroatoms. The number of rotatable bonds is 5. The van der Waals surface area contributed by atoms with Crippen molar-refractivity contribution in [2.24, 2.45) is 0 Å². The first-order valence-electron chi connectivity index (χ1n) is 6.54. The van der Waals surface area contributed by atoms with Crippen molar-refractivity contribution >= 4 is 11.6 Å². The number of methoxy groups -OCH3 is 1. The van der Waals surface area contributed by atoms with E-state index in [0.29, 0.717) is 0 Å². The van der Waals surface area contributed by atoms with E-state index in [4.69, 9.17) is 9.47 Å². The van der Waals surface area contributed by atoms with Crippen LogP contribution in [0, 0.1) is 0 Å². The van der Waals surface area contributed by atoms with Gasteiger partial charge in [0, 0.05) is 18.3 Å². The van der Waals surface area contributed by atoms with Gasteiger partial charge in [-0.3, -0.25) is 4.79 Å². The van der Waals surface area contributed by atoms with E-state index in [-0.39, 0.29) is 18.6 Å². The van der Waals surface area contributed by atoms with E-state index in [1.165, 1.54) is 0 Å². The van der Waals surface area contributed by atoms with Crippen LogP contribution in [0.25, 0.3) is 0 Å². The fraction of sp³-hybridized carbons (Fsp3) is 0.500. The molecule has 2 N–H and O–H groups in total. The second-order valence-electron chi connectivity index (χ2n) is 4.56. The summed E-state index contributed by atoms with van der Waals surface area (Å²) in [5.41, 5.74) is 0.717. The van der Waals surface area contributed by atoms with Gasteiger partial charge in [-0.25, -0.2) is 0 Å². The minimum atomic E-state index is -0.140. The lowest BCUT2D eigenvalue weighted by molar-refractivity contribution is -0.122. The highest BCUT2D eigenvalue weighted by atomic mass is 16.5. The van der Waals surface area contributed by atoms with E-state index >= 15 is 0 Å². The van der Waals surface area contributed by atoms with Crippen LogP contribution >= 0.6 is 0 Å². The molecule has 1 heterocycles. The van der Waals surface area contributed by atoms with Gasteiger partial charge in [0.05, 0.1) is 13.2 Å². The zero-order chi connectivity index (χ0) is 13.5. The van der Waals surface area contributed by atoms with E-state index in [2.05, 4.69) is 10.6 Å². The average Bonchev–Trinajstić information content (AvgIpc) is 2.46. The van der Waals surface area contributed by atoms with Crippen LogP contribution in [-0.2, 0) is 9.53 Å². The smallest absolute Gasteiger partial charge is 0.250 e. The van der Waals surface area contributed by atoms with E-state index in [9.17, 15) is 4.79 Å². The van der Waals surface area contributed by atoms with Crippen molar-refractivity contribution in [3.05, 3.63) is 24.3 Å². The summed E-state index contributed by atoms with van der Waals surface area (Å²) in [4.78, 5) is 11.8. The molecule has 1 aliphatic heterocycles. The molecule has 0 aromatic heterocycles. The van der Waals surface area contributed by atoms with Crippen molar-refractivity contribution in [1.29, 1.82) is 0 Å². The molecular formula is C14H20N2O3. The highest BCUT2D eigenvalue weighted by molar-refractivity contribution is 5.91. The number of benzene rings is 1. The van der Waals surface area contributed by atoms with Gasteiger partial charge in [0.1, 0.15) is 12.4 Å². The molecule has 1 fully saturated rings. The van der Waals surface area contributed by atoms with Gasteiger partial charge in [0.25, 0.3) is 0 Å². The Hall–Kier alpha value is -1.59. The summed E-state index contributed by atoms with van der Waals surface area (Å²) in [5, 5.41) is 6.04. The summed E-state index contributed by atoms with van der Waals surface area (Å²) in [7, 11) is 1.60. The van der Waals surface area contributed by atoms with Gasteiger partial charge in [-0.2, -0.15) is 0 Å². The molecule has 1 aromatic rings. The summed E-state index contributed by atoms with van der Waals surface area (Å²) < 4.78 is 10.7. The molecule has 0 aliphatic carbocycles. The van der Waals surface area contributed by atoms with E-state index in [0.717, 1.165) is 37.4 Å². The third kappa shape index (κ3) is 4.54. The lowest BCUT2D eigenvalue weighted by Gasteiger charge is -2.22. The number of ether oxygens (including phenoxy) is 2. The quantitative estimate of drug-likeness (QED) is 0.844. The van der Waals surface area contributed by atoms with Crippen LogP contribution in [0.2, 0.25) is 0 Å². The monoisotopic (exact) mass is 264 g/mol. The molecule has 2 rings (SSSR count). The topological polar surface area (TPSA) is 59.6 Å². The van der Waals surface area contributed by atoms with E-state index in [1.54, 1.807) is 13.2 Å². The van der Waals surface area contributed by atoms with Gasteiger partial charge in [0.2, 0.25) is 5.91 Å². The number of carbonyl (C=O) groups excluding carboxylic acids is 1. The maximum Gasteiger partial charge on any atom is 0.250 e. The van der Waals surface area contributed by atoms with Crippen LogP contribution in [0.3, 0.4) is 0 Å². The van der Waals surface area contributed by atoms with Crippen LogP contribution in [0.15, 0.2) is 24.3 Å². The number of hydrogen-bond donors (Lipinski definition) is 2.